The average molecular weight is 382 g/mol. The Hall–Kier alpha value is -2.83. The van der Waals surface area contributed by atoms with Gasteiger partial charge < -0.3 is 19.4 Å². The van der Waals surface area contributed by atoms with Crippen molar-refractivity contribution in [1.29, 1.82) is 0 Å². The quantitative estimate of drug-likeness (QED) is 0.713. The van der Waals surface area contributed by atoms with Gasteiger partial charge in [-0.1, -0.05) is 12.1 Å². The van der Waals surface area contributed by atoms with E-state index in [0.29, 0.717) is 5.58 Å². The Labute approximate surface area is 164 Å². The summed E-state index contributed by atoms with van der Waals surface area (Å²) in [6.45, 7) is 8.51. The molecule has 1 saturated heterocycles. The Morgan fingerprint density at radius 3 is 2.82 bits per heavy atom. The van der Waals surface area contributed by atoms with E-state index in [1.54, 1.807) is 6.33 Å². The Morgan fingerprint density at radius 1 is 1.29 bits per heavy atom. The maximum Gasteiger partial charge on any atom is 0.407 e. The predicted octanol–water partition coefficient (Wildman–Crippen LogP) is 4.26. The summed E-state index contributed by atoms with van der Waals surface area (Å²) in [7, 11) is 0. The van der Waals surface area contributed by atoms with Crippen LogP contribution in [0.2, 0.25) is 0 Å². The number of rotatable bonds is 2. The van der Waals surface area contributed by atoms with Gasteiger partial charge in [-0.2, -0.15) is 0 Å². The number of alkyl carbamates (subject to hydrolysis) is 1. The number of para-hydroxylation sites is 1. The second kappa shape index (κ2) is 6.96. The van der Waals surface area contributed by atoms with Crippen LogP contribution in [0.1, 0.15) is 40.5 Å². The highest BCUT2D eigenvalue weighted by Crippen LogP contribution is 2.34. The van der Waals surface area contributed by atoms with Crippen molar-refractivity contribution in [2.24, 2.45) is 0 Å². The van der Waals surface area contributed by atoms with Gasteiger partial charge in [-0.3, -0.25) is 0 Å². The maximum atomic E-state index is 12.1. The minimum absolute atomic E-state index is 0.0779. The van der Waals surface area contributed by atoms with Crippen molar-refractivity contribution in [2.45, 2.75) is 58.2 Å². The fraction of sp³-hybridized carbons (Fsp3) is 0.476. The normalized spacial score (nSPS) is 20.5. The van der Waals surface area contributed by atoms with Gasteiger partial charge in [0.25, 0.3) is 0 Å². The first-order valence-corrected chi connectivity index (χ1v) is 9.70. The van der Waals surface area contributed by atoms with Gasteiger partial charge in [-0.15, -0.1) is 0 Å². The number of ether oxygens (including phenoxy) is 1. The number of carbonyl (C=O) groups is 1. The zero-order chi connectivity index (χ0) is 19.9. The molecule has 7 heteroatoms. The molecule has 1 N–H and O–H groups in total. The van der Waals surface area contributed by atoms with Crippen molar-refractivity contribution in [3.63, 3.8) is 0 Å². The maximum absolute atomic E-state index is 12.1. The highest BCUT2D eigenvalue weighted by Gasteiger charge is 2.30. The van der Waals surface area contributed by atoms with Crippen LogP contribution in [0.5, 0.6) is 0 Å². The molecule has 1 aromatic carbocycles. The molecule has 28 heavy (non-hydrogen) atoms. The molecule has 3 heterocycles. The summed E-state index contributed by atoms with van der Waals surface area (Å²) in [6.07, 6.45) is 2.86. The first-order chi connectivity index (χ1) is 13.3. The van der Waals surface area contributed by atoms with Gasteiger partial charge in [0.05, 0.1) is 0 Å². The molecule has 0 radical (unpaired) electrons. The number of nitrogens with zero attached hydrogens (tertiary/aromatic N) is 3. The number of nitrogens with one attached hydrogen (secondary N) is 1. The van der Waals surface area contributed by atoms with Crippen molar-refractivity contribution in [3.05, 3.63) is 30.6 Å². The van der Waals surface area contributed by atoms with Crippen LogP contribution in [-0.4, -0.2) is 40.3 Å². The van der Waals surface area contributed by atoms with Gasteiger partial charge in [0.15, 0.2) is 11.4 Å². The lowest BCUT2D eigenvalue weighted by Gasteiger charge is -2.38. The van der Waals surface area contributed by atoms with Crippen molar-refractivity contribution in [1.82, 2.24) is 15.3 Å². The van der Waals surface area contributed by atoms with Crippen molar-refractivity contribution < 1.29 is 13.9 Å². The molecule has 1 fully saturated rings. The number of furan rings is 1. The first-order valence-electron chi connectivity index (χ1n) is 9.70. The summed E-state index contributed by atoms with van der Waals surface area (Å²) >= 11 is 0. The Bertz CT molecular complexity index is 1010. The van der Waals surface area contributed by atoms with E-state index in [9.17, 15) is 4.79 Å². The van der Waals surface area contributed by atoms with Crippen molar-refractivity contribution in [2.75, 3.05) is 11.4 Å². The summed E-state index contributed by atoms with van der Waals surface area (Å²) in [6, 6.07) is 8.16. The minimum Gasteiger partial charge on any atom is -0.450 e. The number of fused-ring (bicyclic) bond motifs is 3. The van der Waals surface area contributed by atoms with Crippen LogP contribution >= 0.6 is 0 Å². The third kappa shape index (κ3) is 3.61. The topological polar surface area (TPSA) is 80.5 Å². The molecule has 1 aliphatic rings. The second-order valence-corrected chi connectivity index (χ2v) is 8.38. The van der Waals surface area contributed by atoms with Crippen LogP contribution in [-0.2, 0) is 4.74 Å². The fourth-order valence-corrected chi connectivity index (χ4v) is 3.81. The number of aromatic nitrogens is 2. The van der Waals surface area contributed by atoms with Gasteiger partial charge in [-0.25, -0.2) is 14.8 Å². The van der Waals surface area contributed by atoms with Gasteiger partial charge in [0, 0.05) is 24.0 Å². The van der Waals surface area contributed by atoms with E-state index in [-0.39, 0.29) is 18.2 Å². The third-order valence-electron chi connectivity index (χ3n) is 5.01. The Morgan fingerprint density at radius 2 is 2.07 bits per heavy atom. The lowest BCUT2D eigenvalue weighted by atomic mass is 9.98. The Balaban J connectivity index is 1.53. The zero-order valence-electron chi connectivity index (χ0n) is 16.7. The molecular formula is C21H26N4O3. The molecule has 0 saturated carbocycles. The molecule has 4 rings (SSSR count). The molecular weight excluding hydrogens is 356 g/mol. The van der Waals surface area contributed by atoms with Crippen molar-refractivity contribution >= 4 is 34.0 Å². The summed E-state index contributed by atoms with van der Waals surface area (Å²) in [4.78, 5) is 23.3. The first kappa shape index (κ1) is 18.5. The van der Waals surface area contributed by atoms with Gasteiger partial charge in [0.1, 0.15) is 23.0 Å². The van der Waals surface area contributed by atoms with E-state index < -0.39 is 5.60 Å². The number of carbonyl (C=O) groups excluding carboxylic acids is 1. The summed E-state index contributed by atoms with van der Waals surface area (Å²) in [5.41, 5.74) is 1.87. The highest BCUT2D eigenvalue weighted by atomic mass is 16.6. The van der Waals surface area contributed by atoms with Crippen LogP contribution in [0.25, 0.3) is 22.1 Å². The van der Waals surface area contributed by atoms with E-state index in [4.69, 9.17) is 9.15 Å². The molecule has 2 unspecified atom stereocenters. The fourth-order valence-electron chi connectivity index (χ4n) is 3.81. The summed E-state index contributed by atoms with van der Waals surface area (Å²) in [5.74, 6) is 0.810. The van der Waals surface area contributed by atoms with E-state index in [1.807, 2.05) is 45.0 Å². The smallest absolute Gasteiger partial charge is 0.407 e. The SMILES string of the molecule is CC1CC(NC(=O)OC(C)(C)C)CCN1c1ncnc2c1oc1ccccc12. The molecule has 148 valence electrons. The number of amides is 1. The third-order valence-corrected chi connectivity index (χ3v) is 5.01. The second-order valence-electron chi connectivity index (χ2n) is 8.38. The summed E-state index contributed by atoms with van der Waals surface area (Å²) in [5, 5.41) is 3.99. The van der Waals surface area contributed by atoms with E-state index in [0.717, 1.165) is 41.7 Å². The molecule has 0 aliphatic carbocycles. The zero-order valence-corrected chi connectivity index (χ0v) is 16.7. The number of hydrogen-bond donors (Lipinski definition) is 1. The number of hydrogen-bond acceptors (Lipinski definition) is 6. The molecule has 7 nitrogen and oxygen atoms in total. The van der Waals surface area contributed by atoms with Gasteiger partial charge >= 0.3 is 6.09 Å². The van der Waals surface area contributed by atoms with Crippen LogP contribution in [0.3, 0.4) is 0 Å². The van der Waals surface area contributed by atoms with Gasteiger partial charge in [0.2, 0.25) is 0 Å². The minimum atomic E-state index is -0.496. The highest BCUT2D eigenvalue weighted by molar-refractivity contribution is 6.05. The number of anilines is 1. The van der Waals surface area contributed by atoms with Crippen LogP contribution in [0, 0.1) is 0 Å². The molecule has 1 amide bonds. The number of piperidine rings is 1. The monoisotopic (exact) mass is 382 g/mol. The molecule has 2 atom stereocenters. The standard InChI is InChI=1S/C21H26N4O3/c1-13-11-14(24-20(26)28-21(2,3)4)9-10-25(13)19-18-17(22-12-23-19)15-7-5-6-8-16(15)27-18/h5-8,12-14H,9-11H2,1-4H3,(H,24,26). The average Bonchev–Trinajstić information content (AvgIpc) is 2.99. The van der Waals surface area contributed by atoms with Crippen LogP contribution < -0.4 is 10.2 Å². The predicted molar refractivity (Wildman–Crippen MR) is 109 cm³/mol. The molecule has 0 spiro atoms. The lowest BCUT2D eigenvalue weighted by molar-refractivity contribution is 0.0494. The Kier molecular flexibility index (Phi) is 4.61. The van der Waals surface area contributed by atoms with Crippen LogP contribution in [0.4, 0.5) is 10.6 Å². The lowest BCUT2D eigenvalue weighted by Crippen LogP contribution is -2.50. The molecule has 1 aliphatic heterocycles. The number of benzene rings is 1. The van der Waals surface area contributed by atoms with Gasteiger partial charge in [-0.05, 0) is 52.7 Å². The van der Waals surface area contributed by atoms with E-state index >= 15 is 0 Å². The molecule has 3 aromatic rings. The molecule has 2 aromatic heterocycles. The van der Waals surface area contributed by atoms with E-state index in [2.05, 4.69) is 27.1 Å². The largest absolute Gasteiger partial charge is 0.450 e. The van der Waals surface area contributed by atoms with Crippen molar-refractivity contribution in [3.8, 4) is 0 Å². The molecule has 0 bridgehead atoms. The summed E-state index contributed by atoms with van der Waals surface area (Å²) < 4.78 is 11.5. The van der Waals surface area contributed by atoms with Crippen LogP contribution in [0.15, 0.2) is 35.0 Å². The van der Waals surface area contributed by atoms with E-state index in [1.165, 1.54) is 0 Å².